The second kappa shape index (κ2) is 8.39. The summed E-state index contributed by atoms with van der Waals surface area (Å²) in [6.45, 7) is 3.67. The molecule has 6 nitrogen and oxygen atoms in total. The van der Waals surface area contributed by atoms with Crippen LogP contribution in [0.1, 0.15) is 28.3 Å². The molecule has 1 aromatic carbocycles. The fraction of sp³-hybridized carbons (Fsp3) is 0.529. The van der Waals surface area contributed by atoms with E-state index >= 15 is 0 Å². The van der Waals surface area contributed by atoms with E-state index in [1.165, 1.54) is 7.11 Å². The van der Waals surface area contributed by atoms with Gasteiger partial charge in [0.05, 0.1) is 8.85 Å². The fourth-order valence-corrected chi connectivity index (χ4v) is 2.98. The van der Waals surface area contributed by atoms with Crippen LogP contribution in [0.2, 0.25) is 0 Å². The van der Waals surface area contributed by atoms with Gasteiger partial charge in [0.15, 0.2) is 0 Å². The van der Waals surface area contributed by atoms with E-state index in [0.29, 0.717) is 0 Å². The average molecular weight is 358 g/mol. The highest BCUT2D eigenvalue weighted by Gasteiger charge is 2.45. The van der Waals surface area contributed by atoms with Gasteiger partial charge in [0.2, 0.25) is 0 Å². The van der Waals surface area contributed by atoms with Gasteiger partial charge in [-0.1, -0.05) is 30.3 Å². The smallest absolute Gasteiger partial charge is 0.351 e. The van der Waals surface area contributed by atoms with Crippen molar-refractivity contribution in [1.82, 2.24) is 0 Å². The van der Waals surface area contributed by atoms with Gasteiger partial charge < -0.3 is 23.6 Å². The molecule has 0 aromatic heterocycles. The quantitative estimate of drug-likeness (QED) is 0.754. The van der Waals surface area contributed by atoms with E-state index < -0.39 is 43.9 Å². The molecule has 0 saturated carbocycles. The maximum absolute atomic E-state index is 12.0. The molecule has 2 rings (SSSR count). The van der Waals surface area contributed by atoms with Gasteiger partial charge in [0.25, 0.3) is 0 Å². The number of benzene rings is 1. The highest BCUT2D eigenvalue weighted by atomic mass is 31.2. The predicted octanol–water partition coefficient (Wildman–Crippen LogP) is 3.28. The van der Waals surface area contributed by atoms with Crippen molar-refractivity contribution in [3.05, 3.63) is 47.7 Å². The van der Waals surface area contributed by atoms with Gasteiger partial charge in [-0.15, -0.1) is 0 Å². The van der Waals surface area contributed by atoms with E-state index in [0.717, 1.165) is 12.7 Å². The minimum Gasteiger partial charge on any atom is -0.376 e. The lowest BCUT2D eigenvalue weighted by Crippen LogP contribution is -2.36. The molecule has 5 atom stereocenters. The van der Waals surface area contributed by atoms with E-state index in [1.54, 1.807) is 0 Å². The first-order valence-electron chi connectivity index (χ1n) is 8.68. The summed E-state index contributed by atoms with van der Waals surface area (Å²) in [5.41, 5.74) is 0.831. The van der Waals surface area contributed by atoms with E-state index in [1.807, 2.05) is 44.2 Å². The molecular formula is C17H25O6P. The summed E-state index contributed by atoms with van der Waals surface area (Å²) < 4.78 is 50.0. The summed E-state index contributed by atoms with van der Waals surface area (Å²) in [5, 5.41) is 0. The van der Waals surface area contributed by atoms with Crippen molar-refractivity contribution in [2.45, 2.75) is 44.4 Å². The molecule has 1 fully saturated rings. The Balaban J connectivity index is 2.46. The van der Waals surface area contributed by atoms with Gasteiger partial charge in [-0.05, 0) is 25.5 Å². The van der Waals surface area contributed by atoms with E-state index in [2.05, 4.69) is 4.52 Å². The summed E-state index contributed by atoms with van der Waals surface area (Å²) in [4.78, 5) is 9.74. The van der Waals surface area contributed by atoms with Gasteiger partial charge in [0.1, 0.15) is 24.4 Å². The molecule has 0 amide bonds. The number of rotatable bonds is 7. The van der Waals surface area contributed by atoms with Crippen LogP contribution >= 0.6 is 7.60 Å². The van der Waals surface area contributed by atoms with Crippen molar-refractivity contribution < 1.29 is 30.9 Å². The van der Waals surface area contributed by atoms with Crippen molar-refractivity contribution in [3.63, 3.8) is 0 Å². The monoisotopic (exact) mass is 358 g/mol. The molecule has 0 spiro atoms. The zero-order chi connectivity index (χ0) is 19.5. The molecule has 1 aliphatic rings. The van der Waals surface area contributed by atoms with Crippen molar-refractivity contribution in [3.8, 4) is 0 Å². The highest BCUT2D eigenvalue weighted by Crippen LogP contribution is 2.44. The summed E-state index contributed by atoms with van der Waals surface area (Å²) in [5.74, 6) is -0.814. The number of ether oxygens (including phenoxy) is 3. The van der Waals surface area contributed by atoms with E-state index in [4.69, 9.17) is 17.0 Å². The first kappa shape index (κ1) is 16.5. The molecule has 0 aliphatic carbocycles. The molecule has 1 saturated heterocycles. The Morgan fingerprint density at radius 1 is 1.29 bits per heavy atom. The third kappa shape index (κ3) is 4.76. The van der Waals surface area contributed by atoms with Gasteiger partial charge >= 0.3 is 7.60 Å². The zero-order valence-electron chi connectivity index (χ0n) is 16.2. The maximum Gasteiger partial charge on any atom is 0.351 e. The van der Waals surface area contributed by atoms with E-state index in [9.17, 15) is 9.46 Å². The molecule has 1 unspecified atom stereocenters. The van der Waals surface area contributed by atoms with E-state index in [-0.39, 0.29) is 6.10 Å². The molecule has 134 valence electrons. The number of methoxy groups -OCH3 is 1. The molecule has 24 heavy (non-hydrogen) atoms. The third-order valence-corrected chi connectivity index (χ3v) is 4.55. The molecule has 1 heterocycles. The first-order valence-corrected chi connectivity index (χ1v) is 9.25. The second-order valence-corrected chi connectivity index (χ2v) is 7.33. The Hall–Kier alpha value is -1.01. The molecule has 0 radical (unpaired) electrons. The largest absolute Gasteiger partial charge is 0.376 e. The first-order chi connectivity index (χ1) is 12.2. The Morgan fingerprint density at radius 3 is 2.50 bits per heavy atom. The topological polar surface area (TPSA) is 74.2 Å². The van der Waals surface area contributed by atoms with Crippen molar-refractivity contribution in [2.75, 3.05) is 14.2 Å². The fourth-order valence-electron chi connectivity index (χ4n) is 2.60. The van der Waals surface area contributed by atoms with Crippen molar-refractivity contribution in [2.24, 2.45) is 0 Å². The lowest BCUT2D eigenvalue weighted by molar-refractivity contribution is -0.0694. The summed E-state index contributed by atoms with van der Waals surface area (Å²) >= 11 is 0. The Kier molecular flexibility index (Phi) is 5.75. The van der Waals surface area contributed by atoms with Crippen LogP contribution < -0.4 is 0 Å². The van der Waals surface area contributed by atoms with Crippen molar-refractivity contribution >= 4 is 7.60 Å². The van der Waals surface area contributed by atoms with Gasteiger partial charge in [0, 0.05) is 20.0 Å². The predicted molar refractivity (Wildman–Crippen MR) is 90.8 cm³/mol. The van der Waals surface area contributed by atoms with Crippen LogP contribution in [0.4, 0.5) is 0 Å². The molecular weight excluding hydrogens is 331 g/mol. The second-order valence-electron chi connectivity index (χ2n) is 5.70. The van der Waals surface area contributed by atoms with Crippen molar-refractivity contribution in [1.29, 1.82) is 0 Å². The highest BCUT2D eigenvalue weighted by molar-refractivity contribution is 7.56. The molecule has 0 bridgehead atoms. The molecule has 7 heteroatoms. The van der Waals surface area contributed by atoms with Crippen LogP contribution in [0.3, 0.4) is 0 Å². The Morgan fingerprint density at radius 2 is 1.96 bits per heavy atom. The molecule has 1 aromatic rings. The SMILES string of the molecule is [2H]/C(=C(/[2H])P(=O)(O)OC)[C@H]1O[C@@H](c2ccccc2)[C@H](OC)[C@@H]1OC(C)C. The number of hydrogen-bond acceptors (Lipinski definition) is 5. The summed E-state index contributed by atoms with van der Waals surface area (Å²) in [7, 11) is -1.83. The Bertz CT molecular complexity index is 681. The molecule has 1 N–H and O–H groups in total. The van der Waals surface area contributed by atoms with Crippen LogP contribution in [-0.2, 0) is 23.3 Å². The van der Waals surface area contributed by atoms with Crippen LogP contribution in [0.25, 0.3) is 0 Å². The third-order valence-electron chi connectivity index (χ3n) is 3.64. The van der Waals surface area contributed by atoms with Crippen LogP contribution in [0.15, 0.2) is 42.2 Å². The average Bonchev–Trinajstić information content (AvgIpc) is 2.98. The van der Waals surface area contributed by atoms with Gasteiger partial charge in [-0.3, -0.25) is 4.57 Å². The van der Waals surface area contributed by atoms with Gasteiger partial charge in [-0.2, -0.15) is 0 Å². The maximum atomic E-state index is 12.0. The van der Waals surface area contributed by atoms with Crippen LogP contribution in [0, 0.1) is 0 Å². The minimum atomic E-state index is -4.37. The minimum absolute atomic E-state index is 0.191. The van der Waals surface area contributed by atoms with Crippen LogP contribution in [-0.4, -0.2) is 43.5 Å². The lowest BCUT2D eigenvalue weighted by atomic mass is 10.0. The van der Waals surface area contributed by atoms with Gasteiger partial charge in [-0.25, -0.2) is 0 Å². The standard InChI is InChI=1S/C17H25O6P/c1-12(2)22-16-14(10-11-24(18,19)21-4)23-15(17(16)20-3)13-8-6-5-7-9-13/h5-12,14-17H,1-4H3,(H,18,19)/b11-10+/t14-,15+,16-,17+/m1/s1/i10D,11D. The zero-order valence-corrected chi connectivity index (χ0v) is 15.1. The Labute approximate surface area is 145 Å². The lowest BCUT2D eigenvalue weighted by Gasteiger charge is -2.24. The van der Waals surface area contributed by atoms with Crippen LogP contribution in [0.5, 0.6) is 0 Å². The normalized spacial score (nSPS) is 32.1. The summed E-state index contributed by atoms with van der Waals surface area (Å²) in [6, 6.07) is 8.87. The summed E-state index contributed by atoms with van der Waals surface area (Å²) in [6.07, 6.45) is -3.02. The molecule has 1 aliphatic heterocycles. The number of hydrogen-bond donors (Lipinski definition) is 1.